The number of anilines is 1. The molecule has 1 aromatic carbocycles. The molecule has 2 nitrogen and oxygen atoms in total. The van der Waals surface area contributed by atoms with Gasteiger partial charge in [-0.15, -0.1) is 0 Å². The first-order valence-corrected chi connectivity index (χ1v) is 5.90. The highest BCUT2D eigenvalue weighted by Crippen LogP contribution is 2.25. The van der Waals surface area contributed by atoms with Crippen LogP contribution in [0.4, 0.5) is 5.69 Å². The summed E-state index contributed by atoms with van der Waals surface area (Å²) in [6.45, 7) is 8.44. The van der Waals surface area contributed by atoms with Crippen molar-refractivity contribution in [2.75, 3.05) is 11.9 Å². The number of nitrogens with zero attached hydrogens (tertiary/aromatic N) is 1. The summed E-state index contributed by atoms with van der Waals surface area (Å²) in [7, 11) is 2.11. The average molecular weight is 221 g/mol. The van der Waals surface area contributed by atoms with E-state index < -0.39 is 6.10 Å². The average Bonchev–Trinajstić information content (AvgIpc) is 2.28. The first-order valence-electron chi connectivity index (χ1n) is 5.90. The molecule has 0 unspecified atom stereocenters. The lowest BCUT2D eigenvalue weighted by molar-refractivity contribution is 0.199. The van der Waals surface area contributed by atoms with Gasteiger partial charge in [-0.25, -0.2) is 0 Å². The number of hydrogen-bond acceptors (Lipinski definition) is 2. The van der Waals surface area contributed by atoms with E-state index in [1.165, 1.54) is 5.69 Å². The topological polar surface area (TPSA) is 23.5 Å². The number of aliphatic hydroxyl groups is 1. The minimum absolute atomic E-state index is 0.159. The van der Waals surface area contributed by atoms with Gasteiger partial charge in [0.1, 0.15) is 0 Å². The van der Waals surface area contributed by atoms with Crippen LogP contribution < -0.4 is 4.90 Å². The highest BCUT2D eigenvalue weighted by molar-refractivity contribution is 5.49. The lowest BCUT2D eigenvalue weighted by Gasteiger charge is -2.37. The summed E-state index contributed by atoms with van der Waals surface area (Å²) in [5.74, 6) is 0. The van der Waals surface area contributed by atoms with Crippen molar-refractivity contribution in [1.29, 1.82) is 0 Å². The molecule has 1 aromatic rings. The van der Waals surface area contributed by atoms with Gasteiger partial charge in [0.2, 0.25) is 0 Å². The lowest BCUT2D eigenvalue weighted by atomic mass is 9.99. The molecule has 0 saturated carbocycles. The zero-order valence-corrected chi connectivity index (χ0v) is 11.0. The summed E-state index contributed by atoms with van der Waals surface area (Å²) >= 11 is 0. The summed E-state index contributed by atoms with van der Waals surface area (Å²) in [5.41, 5.74) is 2.31. The van der Waals surface area contributed by atoms with Crippen LogP contribution in [0.25, 0.3) is 0 Å². The highest BCUT2D eigenvalue weighted by atomic mass is 16.3. The van der Waals surface area contributed by atoms with E-state index in [0.717, 1.165) is 12.0 Å². The quantitative estimate of drug-likeness (QED) is 0.842. The Balaban J connectivity index is 2.90. The second-order valence-corrected chi connectivity index (χ2v) is 4.99. The molecule has 0 bridgehead atoms. The van der Waals surface area contributed by atoms with Gasteiger partial charge in [-0.2, -0.15) is 0 Å². The van der Waals surface area contributed by atoms with Crippen LogP contribution in [0, 0.1) is 0 Å². The van der Waals surface area contributed by atoms with Crippen LogP contribution in [0.1, 0.15) is 45.8 Å². The Kier molecular flexibility index (Phi) is 3.98. The first-order chi connectivity index (χ1) is 7.38. The third-order valence-corrected chi connectivity index (χ3v) is 3.54. The molecule has 0 saturated heterocycles. The van der Waals surface area contributed by atoms with E-state index in [9.17, 15) is 5.11 Å². The van der Waals surface area contributed by atoms with Crippen LogP contribution in [0.3, 0.4) is 0 Å². The fourth-order valence-corrected chi connectivity index (χ4v) is 1.56. The molecule has 1 N–H and O–H groups in total. The Morgan fingerprint density at radius 2 is 1.75 bits per heavy atom. The SMILES string of the molecule is CCC(C)(C)N(C)c1ccc([C@@H](C)O)cc1. The van der Waals surface area contributed by atoms with Crippen molar-refractivity contribution in [3.8, 4) is 0 Å². The Morgan fingerprint density at radius 3 is 2.12 bits per heavy atom. The number of aliphatic hydroxyl groups excluding tert-OH is 1. The van der Waals surface area contributed by atoms with Crippen molar-refractivity contribution in [2.45, 2.75) is 45.8 Å². The van der Waals surface area contributed by atoms with Gasteiger partial charge < -0.3 is 10.0 Å². The highest BCUT2D eigenvalue weighted by Gasteiger charge is 2.21. The Hall–Kier alpha value is -1.02. The van der Waals surface area contributed by atoms with E-state index in [-0.39, 0.29) is 5.54 Å². The molecule has 0 fully saturated rings. The van der Waals surface area contributed by atoms with Crippen molar-refractivity contribution < 1.29 is 5.11 Å². The third kappa shape index (κ3) is 2.76. The molecule has 16 heavy (non-hydrogen) atoms. The van der Waals surface area contributed by atoms with Crippen LogP contribution in [0.15, 0.2) is 24.3 Å². The monoisotopic (exact) mass is 221 g/mol. The maximum absolute atomic E-state index is 9.45. The van der Waals surface area contributed by atoms with Crippen molar-refractivity contribution in [3.63, 3.8) is 0 Å². The molecular formula is C14H23NO. The molecule has 0 aliphatic carbocycles. The molecule has 0 radical (unpaired) electrons. The summed E-state index contributed by atoms with van der Waals surface area (Å²) < 4.78 is 0. The van der Waals surface area contributed by atoms with Gasteiger partial charge in [0, 0.05) is 18.3 Å². The van der Waals surface area contributed by atoms with Gasteiger partial charge in [-0.05, 0) is 44.9 Å². The first kappa shape index (κ1) is 13.0. The predicted octanol–water partition coefficient (Wildman–Crippen LogP) is 3.36. The number of hydrogen-bond donors (Lipinski definition) is 1. The van der Waals surface area contributed by atoms with Crippen molar-refractivity contribution in [3.05, 3.63) is 29.8 Å². The van der Waals surface area contributed by atoms with Gasteiger partial charge in [0.15, 0.2) is 0 Å². The van der Waals surface area contributed by atoms with E-state index in [1.807, 2.05) is 12.1 Å². The number of benzene rings is 1. The molecule has 1 atom stereocenters. The summed E-state index contributed by atoms with van der Waals surface area (Å²) in [5, 5.41) is 9.45. The summed E-state index contributed by atoms with van der Waals surface area (Å²) in [6, 6.07) is 8.11. The van der Waals surface area contributed by atoms with Crippen LogP contribution in [-0.4, -0.2) is 17.7 Å². The molecule has 1 rings (SSSR count). The molecule has 0 aliphatic heterocycles. The summed E-state index contributed by atoms with van der Waals surface area (Å²) in [6.07, 6.45) is 0.709. The van der Waals surface area contributed by atoms with E-state index >= 15 is 0 Å². The molecule has 0 aromatic heterocycles. The second-order valence-electron chi connectivity index (χ2n) is 4.99. The zero-order valence-electron chi connectivity index (χ0n) is 11.0. The summed E-state index contributed by atoms with van der Waals surface area (Å²) in [4.78, 5) is 2.28. The Labute approximate surface area is 98.9 Å². The third-order valence-electron chi connectivity index (χ3n) is 3.54. The molecule has 0 amide bonds. The molecule has 2 heteroatoms. The molecule has 0 spiro atoms. The van der Waals surface area contributed by atoms with Crippen LogP contribution in [-0.2, 0) is 0 Å². The van der Waals surface area contributed by atoms with Crippen molar-refractivity contribution in [1.82, 2.24) is 0 Å². The van der Waals surface area contributed by atoms with Gasteiger partial charge in [0.25, 0.3) is 0 Å². The van der Waals surface area contributed by atoms with E-state index in [4.69, 9.17) is 0 Å². The van der Waals surface area contributed by atoms with Crippen LogP contribution in [0.5, 0.6) is 0 Å². The molecule has 90 valence electrons. The van der Waals surface area contributed by atoms with Crippen LogP contribution in [0.2, 0.25) is 0 Å². The molecule has 0 heterocycles. The van der Waals surface area contributed by atoms with E-state index in [0.29, 0.717) is 0 Å². The minimum Gasteiger partial charge on any atom is -0.389 e. The Morgan fingerprint density at radius 1 is 1.25 bits per heavy atom. The molecule has 0 aliphatic rings. The largest absolute Gasteiger partial charge is 0.389 e. The zero-order chi connectivity index (χ0) is 12.3. The second kappa shape index (κ2) is 4.88. The van der Waals surface area contributed by atoms with E-state index in [2.05, 4.69) is 44.9 Å². The standard InChI is InChI=1S/C14H23NO/c1-6-14(3,4)15(5)13-9-7-12(8-10-13)11(2)16/h7-11,16H,6H2,1-5H3/t11-/m1/s1. The predicted molar refractivity (Wildman–Crippen MR) is 69.8 cm³/mol. The smallest absolute Gasteiger partial charge is 0.0761 e. The maximum Gasteiger partial charge on any atom is 0.0761 e. The lowest BCUT2D eigenvalue weighted by Crippen LogP contribution is -2.40. The van der Waals surface area contributed by atoms with E-state index in [1.54, 1.807) is 6.92 Å². The Bertz CT molecular complexity index is 327. The van der Waals surface area contributed by atoms with Gasteiger partial charge >= 0.3 is 0 Å². The minimum atomic E-state index is -0.390. The normalized spacial score (nSPS) is 13.6. The van der Waals surface area contributed by atoms with Crippen molar-refractivity contribution in [2.24, 2.45) is 0 Å². The molecular weight excluding hydrogens is 198 g/mol. The fourth-order valence-electron chi connectivity index (χ4n) is 1.56. The van der Waals surface area contributed by atoms with Crippen LogP contribution >= 0.6 is 0 Å². The van der Waals surface area contributed by atoms with Gasteiger partial charge in [-0.3, -0.25) is 0 Å². The fraction of sp³-hybridized carbons (Fsp3) is 0.571. The van der Waals surface area contributed by atoms with Gasteiger partial charge in [-0.1, -0.05) is 19.1 Å². The van der Waals surface area contributed by atoms with Crippen molar-refractivity contribution >= 4 is 5.69 Å². The number of rotatable bonds is 4. The van der Waals surface area contributed by atoms with Gasteiger partial charge in [0.05, 0.1) is 6.10 Å². The maximum atomic E-state index is 9.45.